The largest absolute Gasteiger partial charge is 0.507 e. The van der Waals surface area contributed by atoms with E-state index in [0.717, 1.165) is 0 Å². The molecule has 4 aromatic rings. The summed E-state index contributed by atoms with van der Waals surface area (Å²) in [6, 6.07) is 16.9. The highest BCUT2D eigenvalue weighted by Gasteiger charge is 2.12. The Hall–Kier alpha value is -3.65. The third-order valence-electron chi connectivity index (χ3n) is 4.67. The average molecular weight is 466 g/mol. The van der Waals surface area contributed by atoms with E-state index in [1.165, 1.54) is 18.3 Å². The quantitative estimate of drug-likeness (QED) is 0.243. The summed E-state index contributed by atoms with van der Waals surface area (Å²) < 4.78 is 2.16. The van der Waals surface area contributed by atoms with Crippen molar-refractivity contribution in [2.45, 2.75) is 6.54 Å². The zero-order valence-corrected chi connectivity index (χ0v) is 17.1. The van der Waals surface area contributed by atoms with E-state index in [1.807, 2.05) is 12.1 Å². The number of aromatic nitrogens is 1. The van der Waals surface area contributed by atoms with Crippen LogP contribution in [-0.4, -0.2) is 26.9 Å². The molecule has 0 radical (unpaired) electrons. The molecule has 0 saturated carbocycles. The molecule has 0 atom stereocenters. The number of rotatable bonds is 4. The number of hydrazone groups is 1. The second-order valence-corrected chi connectivity index (χ2v) is 7.46. The molecule has 30 heavy (non-hydrogen) atoms. The first-order valence-electron chi connectivity index (χ1n) is 8.99. The van der Waals surface area contributed by atoms with Gasteiger partial charge in [-0.3, -0.25) is 9.59 Å². The molecule has 0 bridgehead atoms. The summed E-state index contributed by atoms with van der Waals surface area (Å²) in [6.07, 6.45) is 1.28. The third-order valence-corrected chi connectivity index (χ3v) is 5.30. The van der Waals surface area contributed by atoms with Gasteiger partial charge < -0.3 is 14.8 Å². The van der Waals surface area contributed by atoms with Gasteiger partial charge in [0.25, 0.3) is 5.91 Å². The number of aromatic hydroxyl groups is 2. The Balaban J connectivity index is 1.64. The molecule has 1 heterocycles. The molecule has 7 nitrogen and oxygen atoms in total. The molecular formula is C22H16BrN3O4. The SMILES string of the molecule is O=C(Cn1c2ccccc2c(=O)c2ccccc21)N/N=C\c1cc(Br)c(O)cc1O. The van der Waals surface area contributed by atoms with Gasteiger partial charge in [0.15, 0.2) is 5.43 Å². The number of hydrogen-bond acceptors (Lipinski definition) is 5. The fourth-order valence-corrected chi connectivity index (χ4v) is 3.63. The minimum atomic E-state index is -0.400. The molecule has 1 aromatic heterocycles. The van der Waals surface area contributed by atoms with Gasteiger partial charge in [0.1, 0.15) is 18.0 Å². The van der Waals surface area contributed by atoms with Crippen molar-refractivity contribution in [2.24, 2.45) is 5.10 Å². The van der Waals surface area contributed by atoms with E-state index in [4.69, 9.17) is 0 Å². The topological polar surface area (TPSA) is 104 Å². The summed E-state index contributed by atoms with van der Waals surface area (Å²) in [5.41, 5.74) is 3.97. The minimum absolute atomic E-state index is 0.0517. The van der Waals surface area contributed by atoms with Crippen LogP contribution in [0.15, 0.2) is 75.0 Å². The number of para-hydroxylation sites is 2. The number of phenolic OH excluding ortho intramolecular Hbond substituents is 2. The fraction of sp³-hybridized carbons (Fsp3) is 0.0455. The summed E-state index contributed by atoms with van der Waals surface area (Å²) in [5, 5.41) is 24.4. The second-order valence-electron chi connectivity index (χ2n) is 6.61. The van der Waals surface area contributed by atoms with E-state index in [0.29, 0.717) is 31.8 Å². The average Bonchev–Trinajstić information content (AvgIpc) is 2.75. The first kappa shape index (κ1) is 19.7. The van der Waals surface area contributed by atoms with E-state index in [1.54, 1.807) is 41.0 Å². The Kier molecular flexibility index (Phi) is 5.24. The zero-order chi connectivity index (χ0) is 21.3. The number of carbonyl (C=O) groups is 1. The Morgan fingerprint density at radius 2 is 1.60 bits per heavy atom. The van der Waals surface area contributed by atoms with Crippen molar-refractivity contribution in [2.75, 3.05) is 0 Å². The molecule has 8 heteroatoms. The fourth-order valence-electron chi connectivity index (χ4n) is 3.27. The number of phenols is 2. The summed E-state index contributed by atoms with van der Waals surface area (Å²) in [7, 11) is 0. The molecule has 0 aliphatic heterocycles. The highest BCUT2D eigenvalue weighted by molar-refractivity contribution is 9.10. The Morgan fingerprint density at radius 3 is 2.23 bits per heavy atom. The molecule has 3 N–H and O–H groups in total. The maximum atomic E-state index is 12.8. The van der Waals surface area contributed by atoms with E-state index >= 15 is 0 Å². The number of hydrogen-bond donors (Lipinski definition) is 3. The second kappa shape index (κ2) is 8.00. The van der Waals surface area contributed by atoms with Crippen LogP contribution in [0.25, 0.3) is 21.8 Å². The zero-order valence-electron chi connectivity index (χ0n) is 15.5. The molecule has 0 spiro atoms. The Bertz CT molecular complexity index is 1320. The van der Waals surface area contributed by atoms with Crippen LogP contribution < -0.4 is 10.9 Å². The van der Waals surface area contributed by atoms with Crippen molar-refractivity contribution in [1.29, 1.82) is 0 Å². The van der Waals surface area contributed by atoms with Gasteiger partial charge in [-0.05, 0) is 46.3 Å². The molecule has 0 fully saturated rings. The van der Waals surface area contributed by atoms with Crippen LogP contribution >= 0.6 is 15.9 Å². The lowest BCUT2D eigenvalue weighted by atomic mass is 10.1. The molecule has 1 amide bonds. The van der Waals surface area contributed by atoms with E-state index < -0.39 is 5.91 Å². The van der Waals surface area contributed by atoms with Crippen LogP contribution in [0.3, 0.4) is 0 Å². The van der Waals surface area contributed by atoms with Crippen molar-refractivity contribution < 1.29 is 15.0 Å². The van der Waals surface area contributed by atoms with Gasteiger partial charge in [-0.25, -0.2) is 5.43 Å². The number of fused-ring (bicyclic) bond motifs is 2. The summed E-state index contributed by atoms with van der Waals surface area (Å²) in [5.74, 6) is -0.681. The standard InChI is InChI=1S/C22H16BrN3O4/c23-16-9-13(19(27)10-20(16)28)11-24-25-21(29)12-26-17-7-3-1-5-14(17)22(30)15-6-2-4-8-18(15)26/h1-11,27-28H,12H2,(H,25,29)/b24-11-. The first-order valence-corrected chi connectivity index (χ1v) is 9.78. The van der Waals surface area contributed by atoms with Crippen molar-refractivity contribution in [3.8, 4) is 11.5 Å². The van der Waals surface area contributed by atoms with E-state index in [9.17, 15) is 19.8 Å². The van der Waals surface area contributed by atoms with Crippen molar-refractivity contribution in [3.05, 3.63) is 80.9 Å². The lowest BCUT2D eigenvalue weighted by Gasteiger charge is -2.14. The van der Waals surface area contributed by atoms with Crippen molar-refractivity contribution in [1.82, 2.24) is 9.99 Å². The summed E-state index contributed by atoms with van der Waals surface area (Å²) in [6.45, 7) is -0.0517. The molecule has 0 unspecified atom stereocenters. The number of amides is 1. The van der Waals surface area contributed by atoms with Crippen molar-refractivity contribution in [3.63, 3.8) is 0 Å². The monoisotopic (exact) mass is 465 g/mol. The number of nitrogens with zero attached hydrogens (tertiary/aromatic N) is 2. The molecule has 0 aliphatic carbocycles. The maximum absolute atomic E-state index is 12.8. The number of benzene rings is 3. The number of nitrogens with one attached hydrogen (secondary N) is 1. The van der Waals surface area contributed by atoms with E-state index in [2.05, 4.69) is 26.5 Å². The minimum Gasteiger partial charge on any atom is -0.507 e. The predicted octanol–water partition coefficient (Wildman–Crippen LogP) is 3.48. The van der Waals surface area contributed by atoms with Gasteiger partial charge in [0.05, 0.1) is 21.7 Å². The van der Waals surface area contributed by atoms with Crippen LogP contribution in [0.5, 0.6) is 11.5 Å². The predicted molar refractivity (Wildman–Crippen MR) is 119 cm³/mol. The van der Waals surface area contributed by atoms with Crippen LogP contribution in [0.1, 0.15) is 5.56 Å². The lowest BCUT2D eigenvalue weighted by Crippen LogP contribution is -2.25. The van der Waals surface area contributed by atoms with Crippen LogP contribution in [0.4, 0.5) is 0 Å². The molecule has 150 valence electrons. The van der Waals surface area contributed by atoms with Gasteiger partial charge in [-0.15, -0.1) is 0 Å². The molecular weight excluding hydrogens is 450 g/mol. The van der Waals surface area contributed by atoms with Gasteiger partial charge in [0.2, 0.25) is 0 Å². The van der Waals surface area contributed by atoms with Crippen LogP contribution in [-0.2, 0) is 11.3 Å². The summed E-state index contributed by atoms with van der Waals surface area (Å²) in [4.78, 5) is 25.3. The molecule has 4 rings (SSSR count). The van der Waals surface area contributed by atoms with Crippen molar-refractivity contribution >= 4 is 49.9 Å². The Morgan fingerprint density at radius 1 is 1.00 bits per heavy atom. The third kappa shape index (κ3) is 3.65. The molecule has 0 saturated heterocycles. The van der Waals surface area contributed by atoms with E-state index in [-0.39, 0.29) is 23.5 Å². The normalized spacial score (nSPS) is 11.4. The number of carbonyl (C=O) groups excluding carboxylic acids is 1. The smallest absolute Gasteiger partial charge is 0.260 e. The molecule has 0 aliphatic rings. The summed E-state index contributed by atoms with van der Waals surface area (Å²) >= 11 is 3.16. The maximum Gasteiger partial charge on any atom is 0.260 e. The van der Waals surface area contributed by atoms with Gasteiger partial charge in [-0.2, -0.15) is 5.10 Å². The highest BCUT2D eigenvalue weighted by Crippen LogP contribution is 2.30. The van der Waals surface area contributed by atoms with Gasteiger partial charge in [-0.1, -0.05) is 24.3 Å². The van der Waals surface area contributed by atoms with Crippen LogP contribution in [0.2, 0.25) is 0 Å². The number of pyridine rings is 1. The highest BCUT2D eigenvalue weighted by atomic mass is 79.9. The Labute approximate surface area is 179 Å². The van der Waals surface area contributed by atoms with Gasteiger partial charge >= 0.3 is 0 Å². The van der Waals surface area contributed by atoms with Crippen LogP contribution in [0, 0.1) is 0 Å². The lowest BCUT2D eigenvalue weighted by molar-refractivity contribution is -0.121. The van der Waals surface area contributed by atoms with Gasteiger partial charge in [0, 0.05) is 22.4 Å². The molecule has 3 aromatic carbocycles. The number of halogens is 1. The first-order chi connectivity index (χ1) is 14.5.